The molecule has 1 rings (SSSR count). The maximum atomic E-state index is 5.74. The van der Waals surface area contributed by atoms with Gasteiger partial charge in [0.15, 0.2) is 6.79 Å². The smallest absolute Gasteiger partial charge is 0.188 e. The molecule has 1 atom stereocenters. The Bertz CT molecular complexity index is 254. The fourth-order valence-corrected chi connectivity index (χ4v) is 0.991. The van der Waals surface area contributed by atoms with Gasteiger partial charge >= 0.3 is 0 Å². The second-order valence-electron chi connectivity index (χ2n) is 2.95. The van der Waals surface area contributed by atoms with E-state index >= 15 is 0 Å². The Balaban J connectivity index is 2.69. The first-order valence-corrected chi connectivity index (χ1v) is 4.22. The highest BCUT2D eigenvalue weighted by atomic mass is 16.7. The van der Waals surface area contributed by atoms with Crippen molar-refractivity contribution in [2.24, 2.45) is 11.7 Å². The van der Waals surface area contributed by atoms with Crippen LogP contribution in [0.25, 0.3) is 0 Å². The maximum Gasteiger partial charge on any atom is 0.188 e. The third-order valence-electron chi connectivity index (χ3n) is 1.75. The van der Waals surface area contributed by atoms with Gasteiger partial charge in [-0.3, -0.25) is 0 Å². The summed E-state index contributed by atoms with van der Waals surface area (Å²) < 4.78 is 10.1. The van der Waals surface area contributed by atoms with Crippen LogP contribution in [0.15, 0.2) is 35.8 Å². The van der Waals surface area contributed by atoms with Gasteiger partial charge in [-0.25, -0.2) is 0 Å². The van der Waals surface area contributed by atoms with E-state index < -0.39 is 0 Å². The van der Waals surface area contributed by atoms with Crippen LogP contribution in [-0.4, -0.2) is 13.9 Å². The van der Waals surface area contributed by atoms with Crippen molar-refractivity contribution in [1.82, 2.24) is 0 Å². The molecular weight excluding hydrogens is 166 g/mol. The topological polar surface area (TPSA) is 44.5 Å². The van der Waals surface area contributed by atoms with Crippen molar-refractivity contribution < 1.29 is 9.47 Å². The molecule has 0 aromatic rings. The lowest BCUT2D eigenvalue weighted by Crippen LogP contribution is -2.03. The number of nitrogens with two attached hydrogens (primary N) is 1. The van der Waals surface area contributed by atoms with E-state index in [1.807, 2.05) is 24.3 Å². The van der Waals surface area contributed by atoms with Crippen molar-refractivity contribution in [3.8, 4) is 0 Å². The zero-order chi connectivity index (χ0) is 9.68. The summed E-state index contributed by atoms with van der Waals surface area (Å²) >= 11 is 0. The van der Waals surface area contributed by atoms with Crippen LogP contribution >= 0.6 is 0 Å². The lowest BCUT2D eigenvalue weighted by molar-refractivity contribution is 0.00918. The lowest BCUT2D eigenvalue weighted by Gasteiger charge is -2.06. The van der Waals surface area contributed by atoms with Crippen molar-refractivity contribution in [3.63, 3.8) is 0 Å². The molecule has 3 nitrogen and oxygen atoms in total. The van der Waals surface area contributed by atoms with Gasteiger partial charge < -0.3 is 15.2 Å². The SMILES string of the molecule is COCOC1=C(N)C=CC(C)C=C1. The summed E-state index contributed by atoms with van der Waals surface area (Å²) in [5.74, 6) is 1.06. The molecule has 0 bridgehead atoms. The monoisotopic (exact) mass is 181 g/mol. The normalized spacial score (nSPS) is 21.8. The molecule has 0 aliphatic heterocycles. The van der Waals surface area contributed by atoms with E-state index in [1.165, 1.54) is 0 Å². The molecule has 0 saturated heterocycles. The van der Waals surface area contributed by atoms with Gasteiger partial charge in [0.25, 0.3) is 0 Å². The number of rotatable bonds is 3. The Hall–Kier alpha value is -1.22. The van der Waals surface area contributed by atoms with Crippen molar-refractivity contribution in [2.75, 3.05) is 13.9 Å². The van der Waals surface area contributed by atoms with Crippen LogP contribution in [0.4, 0.5) is 0 Å². The zero-order valence-corrected chi connectivity index (χ0v) is 7.99. The van der Waals surface area contributed by atoms with Crippen molar-refractivity contribution in [1.29, 1.82) is 0 Å². The molecule has 2 N–H and O–H groups in total. The molecule has 0 aromatic carbocycles. The van der Waals surface area contributed by atoms with E-state index in [0.717, 1.165) is 0 Å². The fourth-order valence-electron chi connectivity index (χ4n) is 0.991. The third-order valence-corrected chi connectivity index (χ3v) is 1.75. The average Bonchev–Trinajstić information content (AvgIpc) is 2.28. The molecule has 3 heteroatoms. The van der Waals surface area contributed by atoms with Gasteiger partial charge in [0, 0.05) is 7.11 Å². The Kier molecular flexibility index (Phi) is 3.58. The third kappa shape index (κ3) is 2.95. The molecule has 13 heavy (non-hydrogen) atoms. The predicted molar refractivity (Wildman–Crippen MR) is 51.6 cm³/mol. The molecule has 0 saturated carbocycles. The van der Waals surface area contributed by atoms with Gasteiger partial charge in [-0.2, -0.15) is 0 Å². The first-order valence-electron chi connectivity index (χ1n) is 4.22. The fraction of sp³-hybridized carbons (Fsp3) is 0.400. The van der Waals surface area contributed by atoms with Crippen LogP contribution in [-0.2, 0) is 9.47 Å². The first kappa shape index (κ1) is 9.86. The highest BCUT2D eigenvalue weighted by molar-refractivity contribution is 5.30. The van der Waals surface area contributed by atoms with Crippen LogP contribution in [0.2, 0.25) is 0 Å². The van der Waals surface area contributed by atoms with Gasteiger partial charge in [-0.05, 0) is 18.1 Å². The molecule has 0 radical (unpaired) electrons. The molecular formula is C10H15NO2. The summed E-state index contributed by atoms with van der Waals surface area (Å²) in [5, 5.41) is 0. The van der Waals surface area contributed by atoms with Crippen LogP contribution in [0, 0.1) is 5.92 Å². The average molecular weight is 181 g/mol. The van der Waals surface area contributed by atoms with Gasteiger partial charge in [0.05, 0.1) is 5.70 Å². The molecule has 0 amide bonds. The molecule has 0 fully saturated rings. The zero-order valence-electron chi connectivity index (χ0n) is 7.99. The Morgan fingerprint density at radius 3 is 2.77 bits per heavy atom. The number of hydrogen-bond donors (Lipinski definition) is 1. The van der Waals surface area contributed by atoms with E-state index in [0.29, 0.717) is 17.4 Å². The van der Waals surface area contributed by atoms with Crippen LogP contribution in [0.5, 0.6) is 0 Å². The standard InChI is InChI=1S/C10H15NO2/c1-8-3-5-9(11)10(6-4-8)13-7-12-2/h3-6,8H,7,11H2,1-2H3. The van der Waals surface area contributed by atoms with E-state index in [9.17, 15) is 0 Å². The summed E-state index contributed by atoms with van der Waals surface area (Å²) in [6.07, 6.45) is 7.78. The second-order valence-corrected chi connectivity index (χ2v) is 2.95. The lowest BCUT2D eigenvalue weighted by atomic mass is 10.2. The Labute approximate surface area is 78.5 Å². The first-order chi connectivity index (χ1) is 6.24. The highest BCUT2D eigenvalue weighted by Crippen LogP contribution is 2.13. The van der Waals surface area contributed by atoms with E-state index in [-0.39, 0.29) is 6.79 Å². The second kappa shape index (κ2) is 4.72. The predicted octanol–water partition coefficient (Wildman–Crippen LogP) is 1.54. The van der Waals surface area contributed by atoms with E-state index in [2.05, 4.69) is 6.92 Å². The van der Waals surface area contributed by atoms with Crippen molar-refractivity contribution in [3.05, 3.63) is 35.8 Å². The summed E-state index contributed by atoms with van der Waals surface area (Å²) in [5.41, 5.74) is 6.38. The number of allylic oxidation sites excluding steroid dienone is 4. The highest BCUT2D eigenvalue weighted by Gasteiger charge is 2.03. The van der Waals surface area contributed by atoms with E-state index in [4.69, 9.17) is 15.2 Å². The summed E-state index contributed by atoms with van der Waals surface area (Å²) in [6.45, 7) is 2.31. The summed E-state index contributed by atoms with van der Waals surface area (Å²) in [6, 6.07) is 0. The maximum absolute atomic E-state index is 5.74. The number of hydrogen-bond acceptors (Lipinski definition) is 3. The molecule has 1 unspecified atom stereocenters. The van der Waals surface area contributed by atoms with Gasteiger partial charge in [0.2, 0.25) is 0 Å². The number of methoxy groups -OCH3 is 1. The van der Waals surface area contributed by atoms with Crippen LogP contribution in [0.3, 0.4) is 0 Å². The molecule has 1 aliphatic carbocycles. The summed E-state index contributed by atoms with van der Waals surface area (Å²) in [7, 11) is 1.58. The molecule has 0 spiro atoms. The van der Waals surface area contributed by atoms with Crippen molar-refractivity contribution in [2.45, 2.75) is 6.92 Å². The molecule has 1 aliphatic rings. The van der Waals surface area contributed by atoms with Gasteiger partial charge in [-0.1, -0.05) is 19.1 Å². The molecule has 0 heterocycles. The minimum Gasteiger partial charge on any atom is -0.465 e. The summed E-state index contributed by atoms with van der Waals surface area (Å²) in [4.78, 5) is 0. The van der Waals surface area contributed by atoms with Crippen LogP contribution in [0.1, 0.15) is 6.92 Å². The Morgan fingerprint density at radius 1 is 1.38 bits per heavy atom. The minimum atomic E-state index is 0.225. The van der Waals surface area contributed by atoms with Crippen LogP contribution < -0.4 is 5.73 Å². The molecule has 72 valence electrons. The largest absolute Gasteiger partial charge is 0.465 e. The van der Waals surface area contributed by atoms with Gasteiger partial charge in [0.1, 0.15) is 5.76 Å². The quantitative estimate of drug-likeness (QED) is 0.672. The van der Waals surface area contributed by atoms with Gasteiger partial charge in [-0.15, -0.1) is 0 Å². The molecule has 0 aromatic heterocycles. The minimum absolute atomic E-state index is 0.225. The number of ether oxygens (including phenoxy) is 2. The van der Waals surface area contributed by atoms with Crippen molar-refractivity contribution >= 4 is 0 Å². The van der Waals surface area contributed by atoms with E-state index in [1.54, 1.807) is 7.11 Å². The Morgan fingerprint density at radius 2 is 2.08 bits per heavy atom.